The third-order valence-corrected chi connectivity index (χ3v) is 3.94. The van der Waals surface area contributed by atoms with Crippen LogP contribution in [0.15, 0.2) is 23.1 Å². The third-order valence-electron chi connectivity index (χ3n) is 2.26. The lowest BCUT2D eigenvalue weighted by molar-refractivity contribution is -0.756. The molecule has 0 N–H and O–H groups in total. The highest BCUT2D eigenvalue weighted by molar-refractivity contribution is 7.91. The fourth-order valence-electron chi connectivity index (χ4n) is 1.35. The van der Waals surface area contributed by atoms with Gasteiger partial charge in [-0.1, -0.05) is 0 Å². The van der Waals surface area contributed by atoms with Gasteiger partial charge in [-0.2, -0.15) is 0 Å². The molecule has 0 aromatic heterocycles. The second-order valence-corrected chi connectivity index (χ2v) is 5.50. The summed E-state index contributed by atoms with van der Waals surface area (Å²) in [5.41, 5.74) is 0. The van der Waals surface area contributed by atoms with Gasteiger partial charge in [0.15, 0.2) is 21.3 Å². The van der Waals surface area contributed by atoms with Crippen LogP contribution in [0.4, 0.5) is 0 Å². The Labute approximate surface area is 109 Å². The molecule has 106 valence electrons. The SMILES string of the molecule is COc1ccc(S(=O)(=O)CCO[N+](=O)[O-])cc1OC. The number of nitrogens with zero attached hydrogens (tertiary/aromatic N) is 1. The average Bonchev–Trinajstić information content (AvgIpc) is 2.37. The summed E-state index contributed by atoms with van der Waals surface area (Å²) in [5.74, 6) is 0.158. The topological polar surface area (TPSA) is 105 Å². The lowest BCUT2D eigenvalue weighted by Gasteiger charge is -2.09. The van der Waals surface area contributed by atoms with Gasteiger partial charge in [-0.15, -0.1) is 10.1 Å². The van der Waals surface area contributed by atoms with Crippen molar-refractivity contribution in [2.75, 3.05) is 26.6 Å². The van der Waals surface area contributed by atoms with Gasteiger partial charge in [0.1, 0.15) is 6.61 Å². The van der Waals surface area contributed by atoms with Crippen LogP contribution in [-0.4, -0.2) is 40.1 Å². The molecule has 0 fully saturated rings. The van der Waals surface area contributed by atoms with Crippen LogP contribution in [0.2, 0.25) is 0 Å². The molecule has 1 aromatic carbocycles. The number of hydrogen-bond acceptors (Lipinski definition) is 7. The van der Waals surface area contributed by atoms with Gasteiger partial charge in [-0.3, -0.25) is 0 Å². The quantitative estimate of drug-likeness (QED) is 0.537. The molecule has 0 atom stereocenters. The molecule has 0 saturated carbocycles. The van der Waals surface area contributed by atoms with Crippen LogP contribution >= 0.6 is 0 Å². The van der Waals surface area contributed by atoms with E-state index in [9.17, 15) is 18.5 Å². The first-order valence-corrected chi connectivity index (χ1v) is 6.78. The van der Waals surface area contributed by atoms with Gasteiger partial charge in [0, 0.05) is 6.07 Å². The van der Waals surface area contributed by atoms with Gasteiger partial charge in [0.2, 0.25) is 0 Å². The number of rotatable bonds is 7. The fourth-order valence-corrected chi connectivity index (χ4v) is 2.44. The Morgan fingerprint density at radius 1 is 1.21 bits per heavy atom. The van der Waals surface area contributed by atoms with Crippen molar-refractivity contribution in [2.45, 2.75) is 4.90 Å². The van der Waals surface area contributed by atoms with Crippen molar-refractivity contribution in [1.82, 2.24) is 0 Å². The Kier molecular flexibility index (Phi) is 4.93. The van der Waals surface area contributed by atoms with Crippen molar-refractivity contribution in [1.29, 1.82) is 0 Å². The third kappa shape index (κ3) is 3.98. The van der Waals surface area contributed by atoms with E-state index >= 15 is 0 Å². The Balaban J connectivity index is 2.92. The second-order valence-electron chi connectivity index (χ2n) is 3.39. The molecule has 0 amide bonds. The van der Waals surface area contributed by atoms with E-state index in [2.05, 4.69) is 4.84 Å². The molecule has 9 heteroatoms. The highest BCUT2D eigenvalue weighted by Gasteiger charge is 2.17. The maximum Gasteiger partial charge on any atom is 0.294 e. The number of methoxy groups -OCH3 is 2. The highest BCUT2D eigenvalue weighted by Crippen LogP contribution is 2.29. The van der Waals surface area contributed by atoms with E-state index in [0.29, 0.717) is 5.75 Å². The van der Waals surface area contributed by atoms with E-state index in [0.717, 1.165) is 0 Å². The number of hydrogen-bond donors (Lipinski definition) is 0. The van der Waals surface area contributed by atoms with E-state index in [1.165, 1.54) is 32.4 Å². The Hall–Kier alpha value is -2.03. The first-order chi connectivity index (χ1) is 8.90. The predicted molar refractivity (Wildman–Crippen MR) is 64.5 cm³/mol. The van der Waals surface area contributed by atoms with Crippen molar-refractivity contribution in [3.8, 4) is 11.5 Å². The van der Waals surface area contributed by atoms with Crippen LogP contribution in [0.3, 0.4) is 0 Å². The molecule has 1 rings (SSSR count). The lowest BCUT2D eigenvalue weighted by atomic mass is 10.3. The molecule has 0 bridgehead atoms. The van der Waals surface area contributed by atoms with Crippen molar-refractivity contribution in [3.05, 3.63) is 28.3 Å². The van der Waals surface area contributed by atoms with E-state index < -0.39 is 27.3 Å². The summed E-state index contributed by atoms with van der Waals surface area (Å²) in [6.45, 7) is -0.524. The van der Waals surface area contributed by atoms with Gasteiger partial charge < -0.3 is 14.3 Å². The summed E-state index contributed by atoms with van der Waals surface area (Å²) >= 11 is 0. The largest absolute Gasteiger partial charge is 0.493 e. The summed E-state index contributed by atoms with van der Waals surface area (Å²) in [6, 6.07) is 4.07. The lowest BCUT2D eigenvalue weighted by Crippen LogP contribution is -2.15. The maximum atomic E-state index is 11.9. The maximum absolute atomic E-state index is 11.9. The van der Waals surface area contributed by atoms with E-state index in [1.807, 2.05) is 0 Å². The molecule has 19 heavy (non-hydrogen) atoms. The zero-order valence-electron chi connectivity index (χ0n) is 10.4. The first-order valence-electron chi connectivity index (χ1n) is 5.13. The Morgan fingerprint density at radius 2 is 1.84 bits per heavy atom. The predicted octanol–water partition coefficient (Wildman–Crippen LogP) is 0.686. The zero-order valence-corrected chi connectivity index (χ0v) is 11.2. The summed E-state index contributed by atoms with van der Waals surface area (Å²) < 4.78 is 33.7. The number of sulfone groups is 1. The van der Waals surface area contributed by atoms with E-state index in [1.54, 1.807) is 0 Å². The molecule has 0 aliphatic carbocycles. The summed E-state index contributed by atoms with van der Waals surface area (Å²) in [7, 11) is -0.872. The minimum absolute atomic E-state index is 0.0166. The molecular formula is C10H13NO7S. The summed E-state index contributed by atoms with van der Waals surface area (Å²) in [5, 5.41) is 8.92. The van der Waals surface area contributed by atoms with Crippen molar-refractivity contribution >= 4 is 9.84 Å². The smallest absolute Gasteiger partial charge is 0.294 e. The van der Waals surface area contributed by atoms with E-state index in [4.69, 9.17) is 9.47 Å². The molecule has 0 radical (unpaired) electrons. The van der Waals surface area contributed by atoms with Gasteiger partial charge in [-0.25, -0.2) is 8.42 Å². The Morgan fingerprint density at radius 3 is 2.37 bits per heavy atom. The Bertz CT molecular complexity index is 555. The number of benzene rings is 1. The standard InChI is InChI=1S/C10H13NO7S/c1-16-9-4-3-8(7-10(9)17-2)19(14,15)6-5-18-11(12)13/h3-4,7H,5-6H2,1-2H3. The van der Waals surface area contributed by atoms with Crippen molar-refractivity contribution in [3.63, 3.8) is 0 Å². The highest BCUT2D eigenvalue weighted by atomic mass is 32.2. The normalized spacial score (nSPS) is 10.8. The fraction of sp³-hybridized carbons (Fsp3) is 0.400. The van der Waals surface area contributed by atoms with Crippen LogP contribution in [0, 0.1) is 10.1 Å². The van der Waals surface area contributed by atoms with Gasteiger partial charge in [0.05, 0.1) is 24.9 Å². The van der Waals surface area contributed by atoms with Gasteiger partial charge >= 0.3 is 0 Å². The van der Waals surface area contributed by atoms with Crippen molar-refractivity contribution in [2.24, 2.45) is 0 Å². The van der Waals surface area contributed by atoms with Crippen LogP contribution < -0.4 is 9.47 Å². The number of ether oxygens (including phenoxy) is 2. The van der Waals surface area contributed by atoms with Gasteiger partial charge in [-0.05, 0) is 12.1 Å². The zero-order chi connectivity index (χ0) is 14.5. The van der Waals surface area contributed by atoms with Crippen molar-refractivity contribution < 1.29 is 27.8 Å². The van der Waals surface area contributed by atoms with Crippen LogP contribution in [0.5, 0.6) is 11.5 Å². The molecule has 0 unspecified atom stereocenters. The minimum Gasteiger partial charge on any atom is -0.493 e. The summed E-state index contributed by atoms with van der Waals surface area (Å²) in [6.07, 6.45) is 0. The summed E-state index contributed by atoms with van der Waals surface area (Å²) in [4.78, 5) is 13.9. The minimum atomic E-state index is -3.68. The van der Waals surface area contributed by atoms with Crippen LogP contribution in [0.1, 0.15) is 0 Å². The molecule has 1 aromatic rings. The second kappa shape index (κ2) is 6.23. The van der Waals surface area contributed by atoms with Gasteiger partial charge in [0.25, 0.3) is 5.09 Å². The molecule has 0 spiro atoms. The van der Waals surface area contributed by atoms with Crippen LogP contribution in [-0.2, 0) is 14.7 Å². The first kappa shape index (κ1) is 15.0. The molecule has 0 aliphatic heterocycles. The molecule has 0 heterocycles. The van der Waals surface area contributed by atoms with Crippen LogP contribution in [0.25, 0.3) is 0 Å². The van der Waals surface area contributed by atoms with E-state index in [-0.39, 0.29) is 10.6 Å². The molecular weight excluding hydrogens is 278 g/mol. The molecule has 8 nitrogen and oxygen atoms in total. The monoisotopic (exact) mass is 291 g/mol. The average molecular weight is 291 g/mol. The molecule has 0 aliphatic rings. The molecule has 0 saturated heterocycles.